The van der Waals surface area contributed by atoms with Gasteiger partial charge < -0.3 is 19.1 Å². The SMILES string of the molecule is COC(OC1COCC(=O)N(Cc2cccc3ccccc23)C1)c1ccccc1. The maximum absolute atomic E-state index is 12.6. The van der Waals surface area contributed by atoms with Crippen LogP contribution in [0.25, 0.3) is 10.8 Å². The summed E-state index contributed by atoms with van der Waals surface area (Å²) in [6, 6.07) is 24.2. The molecule has 1 aliphatic heterocycles. The van der Waals surface area contributed by atoms with Crippen LogP contribution in [0.1, 0.15) is 17.4 Å². The fourth-order valence-corrected chi connectivity index (χ4v) is 3.70. The van der Waals surface area contributed by atoms with Crippen molar-refractivity contribution < 1.29 is 19.0 Å². The van der Waals surface area contributed by atoms with Gasteiger partial charge in [0.15, 0.2) is 6.29 Å². The zero-order valence-electron chi connectivity index (χ0n) is 16.5. The van der Waals surface area contributed by atoms with Crippen LogP contribution in [0.2, 0.25) is 0 Å². The molecule has 0 spiro atoms. The first kappa shape index (κ1) is 19.6. The number of ether oxygens (including phenoxy) is 3. The first-order valence-corrected chi connectivity index (χ1v) is 9.80. The van der Waals surface area contributed by atoms with Gasteiger partial charge in [-0.15, -0.1) is 0 Å². The summed E-state index contributed by atoms with van der Waals surface area (Å²) in [4.78, 5) is 14.5. The standard InChI is InChI=1S/C24H25NO4/c1-27-24(19-9-3-2-4-10-19)29-21-15-25(23(26)17-28-16-21)14-20-12-7-11-18-8-5-6-13-22(18)20/h2-13,21,24H,14-17H2,1H3. The van der Waals surface area contributed by atoms with Gasteiger partial charge in [-0.2, -0.15) is 0 Å². The molecule has 0 saturated carbocycles. The van der Waals surface area contributed by atoms with Crippen LogP contribution in [-0.2, 0) is 25.5 Å². The maximum Gasteiger partial charge on any atom is 0.248 e. The van der Waals surface area contributed by atoms with Crippen molar-refractivity contribution in [3.63, 3.8) is 0 Å². The van der Waals surface area contributed by atoms with Gasteiger partial charge in [-0.05, 0) is 16.3 Å². The predicted octanol–water partition coefficient (Wildman–Crippen LogP) is 3.93. The minimum atomic E-state index is -0.502. The summed E-state index contributed by atoms with van der Waals surface area (Å²) in [5, 5.41) is 2.32. The Kier molecular flexibility index (Phi) is 6.20. The smallest absolute Gasteiger partial charge is 0.248 e. The lowest BCUT2D eigenvalue weighted by atomic mass is 10.0. The van der Waals surface area contributed by atoms with Crippen LogP contribution in [0.5, 0.6) is 0 Å². The summed E-state index contributed by atoms with van der Waals surface area (Å²) in [5.74, 6) is -0.0299. The lowest BCUT2D eigenvalue weighted by molar-refractivity contribution is -0.172. The Morgan fingerprint density at radius 1 is 1.03 bits per heavy atom. The zero-order valence-corrected chi connectivity index (χ0v) is 16.5. The normalized spacial score (nSPS) is 18.6. The van der Waals surface area contributed by atoms with Gasteiger partial charge in [0, 0.05) is 25.8 Å². The molecule has 0 radical (unpaired) electrons. The molecule has 1 aliphatic rings. The number of nitrogens with zero attached hydrogens (tertiary/aromatic N) is 1. The lowest BCUT2D eigenvalue weighted by Gasteiger charge is -2.27. The van der Waals surface area contributed by atoms with Crippen molar-refractivity contribution in [1.29, 1.82) is 0 Å². The van der Waals surface area contributed by atoms with Gasteiger partial charge in [-0.25, -0.2) is 0 Å². The first-order valence-electron chi connectivity index (χ1n) is 9.80. The van der Waals surface area contributed by atoms with Crippen LogP contribution in [0.15, 0.2) is 72.8 Å². The van der Waals surface area contributed by atoms with E-state index in [1.54, 1.807) is 7.11 Å². The van der Waals surface area contributed by atoms with E-state index in [0.29, 0.717) is 19.7 Å². The molecule has 4 rings (SSSR count). The second-order valence-electron chi connectivity index (χ2n) is 7.16. The van der Waals surface area contributed by atoms with E-state index in [0.717, 1.165) is 16.5 Å². The molecular weight excluding hydrogens is 366 g/mol. The van der Waals surface area contributed by atoms with Crippen LogP contribution in [0.3, 0.4) is 0 Å². The van der Waals surface area contributed by atoms with Crippen molar-refractivity contribution >= 4 is 16.7 Å². The Morgan fingerprint density at radius 2 is 1.79 bits per heavy atom. The molecule has 1 heterocycles. The molecule has 2 unspecified atom stereocenters. The van der Waals surface area contributed by atoms with Crippen molar-refractivity contribution in [3.8, 4) is 0 Å². The Morgan fingerprint density at radius 3 is 2.62 bits per heavy atom. The average molecular weight is 391 g/mol. The van der Waals surface area contributed by atoms with E-state index >= 15 is 0 Å². The maximum atomic E-state index is 12.6. The van der Waals surface area contributed by atoms with Gasteiger partial charge in [0.1, 0.15) is 12.7 Å². The molecule has 29 heavy (non-hydrogen) atoms. The molecule has 1 fully saturated rings. The van der Waals surface area contributed by atoms with Gasteiger partial charge in [-0.3, -0.25) is 4.79 Å². The summed E-state index contributed by atoms with van der Waals surface area (Å²) in [6.45, 7) is 1.39. The monoisotopic (exact) mass is 391 g/mol. The largest absolute Gasteiger partial charge is 0.369 e. The molecule has 5 heteroatoms. The molecule has 3 aromatic rings. The number of benzene rings is 3. The van der Waals surface area contributed by atoms with E-state index in [1.165, 1.54) is 5.39 Å². The third-order valence-electron chi connectivity index (χ3n) is 5.15. The topological polar surface area (TPSA) is 48.0 Å². The van der Waals surface area contributed by atoms with Crippen LogP contribution in [-0.4, -0.2) is 43.8 Å². The number of carbonyl (C=O) groups is 1. The molecular formula is C24H25NO4. The lowest BCUT2D eigenvalue weighted by Crippen LogP contribution is -2.38. The summed E-state index contributed by atoms with van der Waals surface area (Å²) < 4.78 is 17.3. The second kappa shape index (κ2) is 9.18. The summed E-state index contributed by atoms with van der Waals surface area (Å²) >= 11 is 0. The van der Waals surface area contributed by atoms with Gasteiger partial charge in [0.25, 0.3) is 0 Å². The number of fused-ring (bicyclic) bond motifs is 1. The van der Waals surface area contributed by atoms with Crippen molar-refractivity contribution in [2.24, 2.45) is 0 Å². The number of carbonyl (C=O) groups excluding carboxylic acids is 1. The highest BCUT2D eigenvalue weighted by Crippen LogP contribution is 2.24. The summed E-state index contributed by atoms with van der Waals surface area (Å²) in [7, 11) is 1.62. The number of methoxy groups -OCH3 is 1. The van der Waals surface area contributed by atoms with Gasteiger partial charge >= 0.3 is 0 Å². The molecule has 0 aliphatic carbocycles. The highest BCUT2D eigenvalue weighted by atomic mass is 16.7. The first-order chi connectivity index (χ1) is 14.2. The van der Waals surface area contributed by atoms with Gasteiger partial charge in [-0.1, -0.05) is 72.8 Å². The number of amides is 1. The second-order valence-corrected chi connectivity index (χ2v) is 7.16. The molecule has 1 saturated heterocycles. The predicted molar refractivity (Wildman–Crippen MR) is 111 cm³/mol. The van der Waals surface area contributed by atoms with E-state index in [1.807, 2.05) is 53.4 Å². The highest BCUT2D eigenvalue weighted by Gasteiger charge is 2.27. The molecule has 0 N–H and O–H groups in total. The molecule has 1 amide bonds. The Balaban J connectivity index is 1.51. The number of hydrogen-bond donors (Lipinski definition) is 0. The van der Waals surface area contributed by atoms with Crippen LogP contribution < -0.4 is 0 Å². The molecule has 0 bridgehead atoms. The minimum Gasteiger partial charge on any atom is -0.369 e. The number of hydrogen-bond acceptors (Lipinski definition) is 4. The van der Waals surface area contributed by atoms with Crippen molar-refractivity contribution in [2.75, 3.05) is 26.9 Å². The molecule has 150 valence electrons. The van der Waals surface area contributed by atoms with E-state index in [9.17, 15) is 4.79 Å². The number of rotatable bonds is 6. The van der Waals surface area contributed by atoms with Crippen LogP contribution in [0, 0.1) is 0 Å². The highest BCUT2D eigenvalue weighted by molar-refractivity contribution is 5.86. The van der Waals surface area contributed by atoms with Crippen molar-refractivity contribution in [2.45, 2.75) is 18.9 Å². The quantitative estimate of drug-likeness (QED) is 0.598. The fraction of sp³-hybridized carbons (Fsp3) is 0.292. The van der Waals surface area contributed by atoms with E-state index in [2.05, 4.69) is 24.3 Å². The zero-order chi connectivity index (χ0) is 20.1. The third-order valence-corrected chi connectivity index (χ3v) is 5.15. The fourth-order valence-electron chi connectivity index (χ4n) is 3.70. The Labute approximate surface area is 170 Å². The van der Waals surface area contributed by atoms with E-state index in [4.69, 9.17) is 14.2 Å². The molecule has 0 aromatic heterocycles. The van der Waals surface area contributed by atoms with Crippen molar-refractivity contribution in [1.82, 2.24) is 4.90 Å². The van der Waals surface area contributed by atoms with Crippen molar-refractivity contribution in [3.05, 3.63) is 83.9 Å². The summed E-state index contributed by atoms with van der Waals surface area (Å²) in [6.07, 6.45) is -0.779. The third kappa shape index (κ3) is 4.65. The van der Waals surface area contributed by atoms with Crippen LogP contribution >= 0.6 is 0 Å². The summed E-state index contributed by atoms with van der Waals surface area (Å²) in [5.41, 5.74) is 2.05. The van der Waals surface area contributed by atoms with E-state index in [-0.39, 0.29) is 18.6 Å². The average Bonchev–Trinajstić information content (AvgIpc) is 2.94. The molecule has 3 aromatic carbocycles. The van der Waals surface area contributed by atoms with Gasteiger partial charge in [0.2, 0.25) is 5.91 Å². The van der Waals surface area contributed by atoms with E-state index < -0.39 is 6.29 Å². The van der Waals surface area contributed by atoms with Crippen LogP contribution in [0.4, 0.5) is 0 Å². The molecule has 2 atom stereocenters. The minimum absolute atomic E-state index is 0.0299. The van der Waals surface area contributed by atoms with Gasteiger partial charge in [0.05, 0.1) is 6.61 Å². The molecule has 5 nitrogen and oxygen atoms in total. The Hall–Kier alpha value is -2.73. The Bertz CT molecular complexity index is 954.